The van der Waals surface area contributed by atoms with E-state index < -0.39 is 11.6 Å². The van der Waals surface area contributed by atoms with E-state index in [-0.39, 0.29) is 6.04 Å². The van der Waals surface area contributed by atoms with Gasteiger partial charge in [-0.15, -0.1) is 0 Å². The predicted molar refractivity (Wildman–Crippen MR) is 48.4 cm³/mol. The van der Waals surface area contributed by atoms with Gasteiger partial charge in [-0.3, -0.25) is 0 Å². The summed E-state index contributed by atoms with van der Waals surface area (Å²) in [6.07, 6.45) is 0.805. The van der Waals surface area contributed by atoms with E-state index in [2.05, 4.69) is 5.32 Å². The van der Waals surface area contributed by atoms with Gasteiger partial charge in [-0.25, -0.2) is 8.78 Å². The summed E-state index contributed by atoms with van der Waals surface area (Å²) in [7, 11) is 1.77. The Balaban J connectivity index is 2.99. The summed E-state index contributed by atoms with van der Waals surface area (Å²) in [5, 5.41) is 2.99. The molecular weight excluding hydrogens is 172 g/mol. The number of nitrogens with one attached hydrogen (secondary N) is 1. The third-order valence-corrected chi connectivity index (χ3v) is 2.04. The van der Waals surface area contributed by atoms with Crippen LogP contribution in [0, 0.1) is 11.6 Å². The lowest BCUT2D eigenvalue weighted by atomic mass is 10.0. The Morgan fingerprint density at radius 1 is 1.23 bits per heavy atom. The van der Waals surface area contributed by atoms with E-state index in [1.54, 1.807) is 7.05 Å². The summed E-state index contributed by atoms with van der Waals surface area (Å²) < 4.78 is 25.6. The van der Waals surface area contributed by atoms with Crippen molar-refractivity contribution in [1.29, 1.82) is 0 Å². The van der Waals surface area contributed by atoms with Crippen LogP contribution in [0.3, 0.4) is 0 Å². The largest absolute Gasteiger partial charge is 0.313 e. The van der Waals surface area contributed by atoms with E-state index >= 15 is 0 Å². The summed E-state index contributed by atoms with van der Waals surface area (Å²) in [5.41, 5.74) is 0.655. The first-order valence-electron chi connectivity index (χ1n) is 4.30. The molecule has 1 N–H and O–H groups in total. The van der Waals surface area contributed by atoms with Gasteiger partial charge in [0.05, 0.1) is 0 Å². The number of halogens is 2. The minimum Gasteiger partial charge on any atom is -0.313 e. The lowest BCUT2D eigenvalue weighted by Crippen LogP contribution is -2.15. The maximum atomic E-state index is 12.8. The van der Waals surface area contributed by atoms with Gasteiger partial charge in [0, 0.05) is 12.1 Å². The zero-order chi connectivity index (χ0) is 9.84. The second-order valence-corrected chi connectivity index (χ2v) is 2.95. The Morgan fingerprint density at radius 2 is 1.77 bits per heavy atom. The van der Waals surface area contributed by atoms with Gasteiger partial charge in [0.25, 0.3) is 0 Å². The van der Waals surface area contributed by atoms with Crippen molar-refractivity contribution in [2.75, 3.05) is 7.05 Å². The summed E-state index contributed by atoms with van der Waals surface area (Å²) >= 11 is 0. The molecule has 0 radical (unpaired) electrons. The molecule has 0 saturated heterocycles. The Hall–Kier alpha value is -0.960. The minimum absolute atomic E-state index is 0.0187. The van der Waals surface area contributed by atoms with E-state index in [1.165, 1.54) is 12.1 Å². The van der Waals surface area contributed by atoms with Gasteiger partial charge in [-0.05, 0) is 31.2 Å². The molecule has 1 aromatic rings. The Bertz CT molecular complexity index is 262. The number of hydrogen-bond acceptors (Lipinski definition) is 1. The number of rotatable bonds is 3. The van der Waals surface area contributed by atoms with Crippen molar-refractivity contribution in [1.82, 2.24) is 5.32 Å². The Labute approximate surface area is 76.8 Å². The quantitative estimate of drug-likeness (QED) is 0.763. The molecule has 0 aliphatic carbocycles. The minimum atomic E-state index is -0.524. The highest BCUT2D eigenvalue weighted by Gasteiger charge is 2.08. The van der Waals surface area contributed by atoms with Crippen molar-refractivity contribution in [3.63, 3.8) is 0 Å². The van der Waals surface area contributed by atoms with Crippen LogP contribution in [0.2, 0.25) is 0 Å². The highest BCUT2D eigenvalue weighted by molar-refractivity contribution is 5.21. The standard InChI is InChI=1S/C10H13F2N/c1-3-10(13-2)7-4-8(11)6-9(12)5-7/h4-6,10,13H,3H2,1-2H3. The number of benzene rings is 1. The van der Waals surface area contributed by atoms with Crippen LogP contribution in [0.4, 0.5) is 8.78 Å². The van der Waals surface area contributed by atoms with Gasteiger partial charge in [-0.1, -0.05) is 6.92 Å². The molecule has 0 saturated carbocycles. The van der Waals surface area contributed by atoms with E-state index in [4.69, 9.17) is 0 Å². The molecule has 0 aliphatic rings. The molecular formula is C10H13F2N. The van der Waals surface area contributed by atoms with Crippen LogP contribution in [0.5, 0.6) is 0 Å². The lowest BCUT2D eigenvalue weighted by Gasteiger charge is -2.14. The third-order valence-electron chi connectivity index (χ3n) is 2.04. The van der Waals surface area contributed by atoms with Gasteiger partial charge in [0.1, 0.15) is 11.6 Å². The maximum Gasteiger partial charge on any atom is 0.126 e. The molecule has 1 nitrogen and oxygen atoms in total. The van der Waals surface area contributed by atoms with Crippen molar-refractivity contribution >= 4 is 0 Å². The van der Waals surface area contributed by atoms with Crippen molar-refractivity contribution in [3.8, 4) is 0 Å². The lowest BCUT2D eigenvalue weighted by molar-refractivity contribution is 0.544. The van der Waals surface area contributed by atoms with E-state index in [0.717, 1.165) is 12.5 Å². The van der Waals surface area contributed by atoms with Crippen molar-refractivity contribution < 1.29 is 8.78 Å². The first kappa shape index (κ1) is 10.1. The summed E-state index contributed by atoms with van der Waals surface area (Å²) in [6.45, 7) is 1.96. The Kier molecular flexibility index (Phi) is 3.37. The SMILES string of the molecule is CCC(NC)c1cc(F)cc(F)c1. The molecule has 0 fully saturated rings. The molecule has 0 bridgehead atoms. The molecule has 1 unspecified atom stereocenters. The second-order valence-electron chi connectivity index (χ2n) is 2.95. The summed E-state index contributed by atoms with van der Waals surface area (Å²) in [5.74, 6) is -1.05. The molecule has 1 rings (SSSR count). The van der Waals surface area contributed by atoms with Gasteiger partial charge in [-0.2, -0.15) is 0 Å². The van der Waals surface area contributed by atoms with Crippen molar-refractivity contribution in [2.24, 2.45) is 0 Å². The van der Waals surface area contributed by atoms with Crippen molar-refractivity contribution in [3.05, 3.63) is 35.4 Å². The average molecular weight is 185 g/mol. The molecule has 13 heavy (non-hydrogen) atoms. The fourth-order valence-corrected chi connectivity index (χ4v) is 1.38. The molecule has 72 valence electrons. The molecule has 1 aromatic carbocycles. The molecule has 0 aromatic heterocycles. The first-order chi connectivity index (χ1) is 6.17. The normalized spacial score (nSPS) is 12.9. The average Bonchev–Trinajstić information content (AvgIpc) is 2.04. The van der Waals surface area contributed by atoms with Crippen LogP contribution in [0.25, 0.3) is 0 Å². The van der Waals surface area contributed by atoms with Crippen LogP contribution in [0.1, 0.15) is 24.9 Å². The van der Waals surface area contributed by atoms with E-state index in [1.807, 2.05) is 6.92 Å². The molecule has 3 heteroatoms. The molecule has 0 heterocycles. The molecule has 0 amide bonds. The predicted octanol–water partition coefficient (Wildman–Crippen LogP) is 2.64. The van der Waals surface area contributed by atoms with Crippen molar-refractivity contribution in [2.45, 2.75) is 19.4 Å². The van der Waals surface area contributed by atoms with Crippen LogP contribution in [0.15, 0.2) is 18.2 Å². The van der Waals surface area contributed by atoms with Gasteiger partial charge in [0.2, 0.25) is 0 Å². The summed E-state index contributed by atoms with van der Waals surface area (Å²) in [6, 6.07) is 3.61. The smallest absolute Gasteiger partial charge is 0.126 e. The third kappa shape index (κ3) is 2.49. The molecule has 1 atom stereocenters. The van der Waals surface area contributed by atoms with Gasteiger partial charge >= 0.3 is 0 Å². The zero-order valence-corrected chi connectivity index (χ0v) is 7.77. The van der Waals surface area contributed by atoms with Crippen LogP contribution >= 0.6 is 0 Å². The second kappa shape index (κ2) is 4.33. The van der Waals surface area contributed by atoms with E-state index in [9.17, 15) is 8.78 Å². The van der Waals surface area contributed by atoms with Gasteiger partial charge in [0.15, 0.2) is 0 Å². The maximum absolute atomic E-state index is 12.8. The first-order valence-corrected chi connectivity index (χ1v) is 4.30. The van der Waals surface area contributed by atoms with Gasteiger partial charge < -0.3 is 5.32 Å². The van der Waals surface area contributed by atoms with Crippen LogP contribution in [-0.2, 0) is 0 Å². The van der Waals surface area contributed by atoms with Crippen LogP contribution in [-0.4, -0.2) is 7.05 Å². The molecule has 0 aliphatic heterocycles. The topological polar surface area (TPSA) is 12.0 Å². The highest BCUT2D eigenvalue weighted by Crippen LogP contribution is 2.18. The fourth-order valence-electron chi connectivity index (χ4n) is 1.38. The zero-order valence-electron chi connectivity index (χ0n) is 7.77. The fraction of sp³-hybridized carbons (Fsp3) is 0.400. The Morgan fingerprint density at radius 3 is 2.15 bits per heavy atom. The number of hydrogen-bond donors (Lipinski definition) is 1. The summed E-state index contributed by atoms with van der Waals surface area (Å²) in [4.78, 5) is 0. The van der Waals surface area contributed by atoms with Crippen LogP contribution < -0.4 is 5.32 Å². The highest BCUT2D eigenvalue weighted by atomic mass is 19.1. The molecule has 0 spiro atoms. The monoisotopic (exact) mass is 185 g/mol. The van der Waals surface area contributed by atoms with E-state index in [0.29, 0.717) is 5.56 Å².